The highest BCUT2D eigenvalue weighted by Crippen LogP contribution is 2.34. The zero-order valence-electron chi connectivity index (χ0n) is 17.3. The van der Waals surface area contributed by atoms with Crippen LogP contribution in [0.4, 0.5) is 5.69 Å². The van der Waals surface area contributed by atoms with Gasteiger partial charge < -0.3 is 19.5 Å². The first-order valence-corrected chi connectivity index (χ1v) is 11.4. The number of nitrogens with one attached hydrogen (secondary N) is 2. The second-order valence-electron chi connectivity index (χ2n) is 7.13. The summed E-state index contributed by atoms with van der Waals surface area (Å²) in [5, 5.41) is 2.71. The third-order valence-corrected chi connectivity index (χ3v) is 6.35. The molecule has 1 aliphatic rings. The van der Waals surface area contributed by atoms with Crippen molar-refractivity contribution in [1.29, 1.82) is 0 Å². The Morgan fingerprint density at radius 1 is 1.00 bits per heavy atom. The Balaban J connectivity index is 1.31. The van der Waals surface area contributed by atoms with Gasteiger partial charge in [-0.05, 0) is 48.9 Å². The van der Waals surface area contributed by atoms with Gasteiger partial charge in [0.15, 0.2) is 18.1 Å². The van der Waals surface area contributed by atoms with Gasteiger partial charge in [-0.3, -0.25) is 4.79 Å². The van der Waals surface area contributed by atoms with Crippen molar-refractivity contribution >= 4 is 21.6 Å². The van der Waals surface area contributed by atoms with Crippen LogP contribution >= 0.6 is 0 Å². The fraction of sp³-hybridized carbons (Fsp3) is 0.174. The average Bonchev–Trinajstić information content (AvgIpc) is 3.26. The third-order valence-electron chi connectivity index (χ3n) is 4.79. The highest BCUT2D eigenvalue weighted by atomic mass is 32.2. The largest absolute Gasteiger partial charge is 0.484 e. The van der Waals surface area contributed by atoms with Crippen LogP contribution in [0.15, 0.2) is 77.7 Å². The molecule has 1 heterocycles. The summed E-state index contributed by atoms with van der Waals surface area (Å²) in [7, 11) is -3.71. The Kier molecular flexibility index (Phi) is 6.29. The van der Waals surface area contributed by atoms with E-state index < -0.39 is 10.0 Å². The summed E-state index contributed by atoms with van der Waals surface area (Å²) < 4.78 is 43.9. The fourth-order valence-electron chi connectivity index (χ4n) is 3.15. The number of carbonyl (C=O) groups is 1. The maximum atomic E-state index is 12.6. The molecular weight excluding hydrogens is 432 g/mol. The van der Waals surface area contributed by atoms with Crippen molar-refractivity contribution in [2.45, 2.75) is 17.9 Å². The predicted octanol–water partition coefficient (Wildman–Crippen LogP) is 3.47. The van der Waals surface area contributed by atoms with Crippen molar-refractivity contribution in [2.75, 3.05) is 18.7 Å². The zero-order valence-corrected chi connectivity index (χ0v) is 18.1. The molecule has 0 fully saturated rings. The quantitative estimate of drug-likeness (QED) is 0.540. The van der Waals surface area contributed by atoms with Gasteiger partial charge in [-0.15, -0.1) is 0 Å². The van der Waals surface area contributed by atoms with Gasteiger partial charge in [-0.2, -0.15) is 0 Å². The van der Waals surface area contributed by atoms with Gasteiger partial charge in [0.05, 0.1) is 4.90 Å². The molecular formula is C23H22N2O6S. The second-order valence-corrected chi connectivity index (χ2v) is 8.84. The summed E-state index contributed by atoms with van der Waals surface area (Å²) in [5.41, 5.74) is 1.42. The van der Waals surface area contributed by atoms with Gasteiger partial charge in [-0.25, -0.2) is 13.1 Å². The molecule has 1 aliphatic heterocycles. The molecule has 2 N–H and O–H groups in total. The minimum absolute atomic E-state index is 0.109. The first-order valence-electron chi connectivity index (χ1n) is 9.90. The Morgan fingerprint density at radius 3 is 2.47 bits per heavy atom. The molecule has 0 unspecified atom stereocenters. The third kappa shape index (κ3) is 5.19. The highest BCUT2D eigenvalue weighted by molar-refractivity contribution is 7.89. The Hall–Kier alpha value is -3.56. The van der Waals surface area contributed by atoms with Crippen LogP contribution in [0, 0.1) is 0 Å². The molecule has 0 aromatic heterocycles. The molecule has 0 aliphatic carbocycles. The number of amides is 1. The number of hydrogen-bond donors (Lipinski definition) is 2. The SMILES string of the molecule is C[C@H](NS(=O)(=O)c1ccc(OCC(=O)Nc2ccc3c(c2)OCO3)cc1)c1ccccc1. The monoisotopic (exact) mass is 454 g/mol. The van der Waals surface area contributed by atoms with Crippen molar-refractivity contribution in [1.82, 2.24) is 4.72 Å². The smallest absolute Gasteiger partial charge is 0.262 e. The first-order chi connectivity index (χ1) is 15.4. The number of hydrogen-bond acceptors (Lipinski definition) is 6. The summed E-state index contributed by atoms with van der Waals surface area (Å²) >= 11 is 0. The van der Waals surface area contributed by atoms with Crippen LogP contribution in [0.5, 0.6) is 17.2 Å². The van der Waals surface area contributed by atoms with Gasteiger partial charge in [-0.1, -0.05) is 30.3 Å². The van der Waals surface area contributed by atoms with E-state index in [4.69, 9.17) is 14.2 Å². The van der Waals surface area contributed by atoms with E-state index in [9.17, 15) is 13.2 Å². The summed E-state index contributed by atoms with van der Waals surface area (Å²) in [4.78, 5) is 12.3. The molecule has 4 rings (SSSR count). The molecule has 8 nitrogen and oxygen atoms in total. The number of ether oxygens (including phenoxy) is 3. The van der Waals surface area contributed by atoms with E-state index in [1.807, 2.05) is 30.3 Å². The minimum Gasteiger partial charge on any atom is -0.484 e. The molecule has 1 atom stereocenters. The molecule has 0 spiro atoms. The van der Waals surface area contributed by atoms with Crippen LogP contribution < -0.4 is 24.2 Å². The number of fused-ring (bicyclic) bond motifs is 1. The summed E-state index contributed by atoms with van der Waals surface area (Å²) in [6, 6.07) is 19.9. The lowest BCUT2D eigenvalue weighted by molar-refractivity contribution is -0.118. The van der Waals surface area contributed by atoms with Gasteiger partial charge >= 0.3 is 0 Å². The van der Waals surface area contributed by atoms with Crippen LogP contribution in [0.3, 0.4) is 0 Å². The molecule has 32 heavy (non-hydrogen) atoms. The Morgan fingerprint density at radius 2 is 1.72 bits per heavy atom. The van der Waals surface area contributed by atoms with E-state index >= 15 is 0 Å². The molecule has 9 heteroatoms. The molecule has 0 saturated heterocycles. The normalized spacial score (nSPS) is 13.4. The lowest BCUT2D eigenvalue weighted by Gasteiger charge is -2.15. The average molecular weight is 455 g/mol. The molecule has 3 aromatic rings. The van der Waals surface area contributed by atoms with E-state index in [-0.39, 0.29) is 30.2 Å². The summed E-state index contributed by atoms with van der Waals surface area (Å²) in [5.74, 6) is 1.21. The second kappa shape index (κ2) is 9.29. The van der Waals surface area contributed by atoms with Crippen molar-refractivity contribution in [2.24, 2.45) is 0 Å². The molecule has 0 radical (unpaired) electrons. The molecule has 3 aromatic carbocycles. The van der Waals surface area contributed by atoms with Crippen molar-refractivity contribution in [3.8, 4) is 17.2 Å². The van der Waals surface area contributed by atoms with Crippen LogP contribution in [0.2, 0.25) is 0 Å². The minimum atomic E-state index is -3.71. The molecule has 0 saturated carbocycles. The topological polar surface area (TPSA) is 103 Å². The number of carbonyl (C=O) groups excluding carboxylic acids is 1. The summed E-state index contributed by atoms with van der Waals surface area (Å²) in [6.07, 6.45) is 0. The lowest BCUT2D eigenvalue weighted by Crippen LogP contribution is -2.26. The van der Waals surface area contributed by atoms with Gasteiger partial charge in [0.25, 0.3) is 5.91 Å². The Labute approximate surface area is 186 Å². The van der Waals surface area contributed by atoms with Crippen molar-refractivity contribution in [3.63, 3.8) is 0 Å². The van der Waals surface area contributed by atoms with Crippen LogP contribution in [-0.2, 0) is 14.8 Å². The number of anilines is 1. The van der Waals surface area contributed by atoms with Gasteiger partial charge in [0.1, 0.15) is 5.75 Å². The molecule has 1 amide bonds. The lowest BCUT2D eigenvalue weighted by atomic mass is 10.1. The van der Waals surface area contributed by atoms with Gasteiger partial charge in [0, 0.05) is 17.8 Å². The predicted molar refractivity (Wildman–Crippen MR) is 118 cm³/mol. The van der Waals surface area contributed by atoms with Crippen LogP contribution in [0.25, 0.3) is 0 Å². The van der Waals surface area contributed by atoms with Crippen molar-refractivity contribution in [3.05, 3.63) is 78.4 Å². The Bertz CT molecular complexity index is 1200. The van der Waals surface area contributed by atoms with E-state index in [2.05, 4.69) is 10.0 Å². The van der Waals surface area contributed by atoms with Crippen LogP contribution in [-0.4, -0.2) is 27.7 Å². The number of rotatable bonds is 8. The standard InChI is InChI=1S/C23H22N2O6S/c1-16(17-5-3-2-4-6-17)25-32(27,28)20-10-8-19(9-11-20)29-14-23(26)24-18-7-12-21-22(13-18)31-15-30-21/h2-13,16,25H,14-15H2,1H3,(H,24,26)/t16-/m0/s1. The maximum absolute atomic E-state index is 12.6. The molecule has 166 valence electrons. The van der Waals surface area contributed by atoms with Gasteiger partial charge in [0.2, 0.25) is 16.8 Å². The fourth-order valence-corrected chi connectivity index (χ4v) is 4.38. The van der Waals surface area contributed by atoms with Crippen LogP contribution in [0.1, 0.15) is 18.5 Å². The molecule has 0 bridgehead atoms. The van der Waals surface area contributed by atoms with E-state index in [0.717, 1.165) is 5.56 Å². The van der Waals surface area contributed by atoms with Crippen molar-refractivity contribution < 1.29 is 27.4 Å². The highest BCUT2D eigenvalue weighted by Gasteiger charge is 2.18. The van der Waals surface area contributed by atoms with E-state index in [1.165, 1.54) is 24.3 Å². The maximum Gasteiger partial charge on any atom is 0.262 e. The zero-order chi connectivity index (χ0) is 22.6. The van der Waals surface area contributed by atoms with E-state index in [1.54, 1.807) is 25.1 Å². The number of sulfonamides is 1. The summed E-state index contributed by atoms with van der Waals surface area (Å²) in [6.45, 7) is 1.70. The van der Waals surface area contributed by atoms with E-state index in [0.29, 0.717) is 22.9 Å². The first kappa shape index (κ1) is 21.7. The number of benzene rings is 3.